The summed E-state index contributed by atoms with van der Waals surface area (Å²) >= 11 is 0. The third-order valence-corrected chi connectivity index (χ3v) is 4.72. The van der Waals surface area contributed by atoms with Crippen molar-refractivity contribution in [2.45, 2.75) is 6.54 Å². The van der Waals surface area contributed by atoms with Crippen LogP contribution in [0.4, 0.5) is 0 Å². The highest BCUT2D eigenvalue weighted by atomic mass is 16.2. The molecule has 0 aliphatic carbocycles. The number of carbonyl (C=O) groups excluding carboxylic acids is 3. The summed E-state index contributed by atoms with van der Waals surface area (Å²) in [6.07, 6.45) is 0. The minimum absolute atomic E-state index is 0.0509. The molecule has 0 unspecified atom stereocenters. The number of aromatic amines is 1. The van der Waals surface area contributed by atoms with E-state index in [0.717, 1.165) is 4.90 Å². The third kappa shape index (κ3) is 3.22. The third-order valence-electron chi connectivity index (χ3n) is 4.72. The fourth-order valence-corrected chi connectivity index (χ4v) is 3.33. The average molecular weight is 392 g/mol. The van der Waals surface area contributed by atoms with Crippen LogP contribution in [-0.4, -0.2) is 45.3 Å². The average Bonchev–Trinajstić information content (AvgIpc) is 2.96. The van der Waals surface area contributed by atoms with Crippen molar-refractivity contribution in [1.29, 1.82) is 0 Å². The number of nitrogens with one attached hydrogen (secondary N) is 2. The zero-order valence-corrected chi connectivity index (χ0v) is 15.2. The lowest BCUT2D eigenvalue weighted by Gasteiger charge is -2.14. The number of fused-ring (bicyclic) bond motifs is 2. The van der Waals surface area contributed by atoms with E-state index in [0.29, 0.717) is 11.0 Å². The van der Waals surface area contributed by atoms with E-state index in [1.54, 1.807) is 36.4 Å². The minimum atomic E-state index is -0.749. The van der Waals surface area contributed by atoms with Gasteiger partial charge in [-0.3, -0.25) is 28.9 Å². The second kappa shape index (κ2) is 7.19. The molecule has 0 radical (unpaired) electrons. The number of imide groups is 1. The van der Waals surface area contributed by atoms with E-state index in [1.165, 1.54) is 16.7 Å². The highest BCUT2D eigenvalue weighted by Crippen LogP contribution is 2.21. The van der Waals surface area contributed by atoms with Crippen LogP contribution in [0.3, 0.4) is 0 Å². The van der Waals surface area contributed by atoms with Crippen LogP contribution in [0.25, 0.3) is 11.0 Å². The van der Waals surface area contributed by atoms with Gasteiger partial charge < -0.3 is 14.9 Å². The van der Waals surface area contributed by atoms with Gasteiger partial charge >= 0.3 is 11.1 Å². The number of para-hydroxylation sites is 2. The Labute approximate surface area is 163 Å². The van der Waals surface area contributed by atoms with Gasteiger partial charge in [0.25, 0.3) is 11.8 Å². The maximum atomic E-state index is 12.3. The van der Waals surface area contributed by atoms with Gasteiger partial charge in [0.2, 0.25) is 5.91 Å². The predicted molar refractivity (Wildman–Crippen MR) is 104 cm³/mol. The molecule has 0 spiro atoms. The first-order valence-corrected chi connectivity index (χ1v) is 8.91. The van der Waals surface area contributed by atoms with E-state index >= 15 is 0 Å². The Bertz CT molecular complexity index is 1240. The molecule has 1 aliphatic rings. The summed E-state index contributed by atoms with van der Waals surface area (Å²) in [5.41, 5.74) is 0.110. The Balaban J connectivity index is 1.43. The fraction of sp³-hybridized carbons (Fsp3) is 0.150. The zero-order chi connectivity index (χ0) is 20.5. The number of H-pyrrole nitrogens is 1. The van der Waals surface area contributed by atoms with Gasteiger partial charge in [-0.15, -0.1) is 0 Å². The van der Waals surface area contributed by atoms with Gasteiger partial charge in [0.15, 0.2) is 0 Å². The monoisotopic (exact) mass is 392 g/mol. The van der Waals surface area contributed by atoms with E-state index in [2.05, 4.69) is 10.3 Å². The number of nitrogens with zero attached hydrogens (tertiary/aromatic N) is 2. The Morgan fingerprint density at radius 1 is 0.897 bits per heavy atom. The van der Waals surface area contributed by atoms with Crippen molar-refractivity contribution >= 4 is 28.8 Å². The molecule has 0 bridgehead atoms. The van der Waals surface area contributed by atoms with Crippen LogP contribution in [0.1, 0.15) is 20.7 Å². The van der Waals surface area contributed by atoms with Gasteiger partial charge in [0.1, 0.15) is 6.54 Å². The van der Waals surface area contributed by atoms with Crippen molar-refractivity contribution < 1.29 is 14.4 Å². The summed E-state index contributed by atoms with van der Waals surface area (Å²) in [5.74, 6) is -1.57. The summed E-state index contributed by atoms with van der Waals surface area (Å²) in [5, 5.41) is 2.58. The quantitative estimate of drug-likeness (QED) is 0.471. The van der Waals surface area contributed by atoms with E-state index in [9.17, 15) is 24.0 Å². The number of benzene rings is 2. The number of amides is 3. The number of carbonyl (C=O) groups is 3. The highest BCUT2D eigenvalue weighted by Gasteiger charge is 2.36. The maximum Gasteiger partial charge on any atom is 0.316 e. The fourth-order valence-electron chi connectivity index (χ4n) is 3.33. The van der Waals surface area contributed by atoms with Gasteiger partial charge in [-0.2, -0.15) is 0 Å². The normalized spacial score (nSPS) is 13.0. The molecule has 2 N–H and O–H groups in total. The molecule has 9 heteroatoms. The molecule has 3 amide bonds. The lowest BCUT2D eigenvalue weighted by molar-refractivity contribution is -0.121. The molecule has 3 aromatic rings. The van der Waals surface area contributed by atoms with Gasteiger partial charge in [-0.25, -0.2) is 0 Å². The Kier molecular flexibility index (Phi) is 4.55. The SMILES string of the molecule is O=C(CN1C(=O)c2ccccc2C1=O)NCCn1c(=O)c(=O)[nH]c2ccccc21. The largest absolute Gasteiger partial charge is 0.353 e. The van der Waals surface area contributed by atoms with Gasteiger partial charge in [0, 0.05) is 13.1 Å². The van der Waals surface area contributed by atoms with Crippen LogP contribution in [0, 0.1) is 0 Å². The molecule has 4 rings (SSSR count). The lowest BCUT2D eigenvalue weighted by atomic mass is 10.1. The van der Waals surface area contributed by atoms with Crippen LogP contribution in [-0.2, 0) is 11.3 Å². The Morgan fingerprint density at radius 2 is 1.52 bits per heavy atom. The first kappa shape index (κ1) is 18.4. The van der Waals surface area contributed by atoms with Crippen molar-refractivity contribution in [3.8, 4) is 0 Å². The van der Waals surface area contributed by atoms with E-state index in [4.69, 9.17) is 0 Å². The van der Waals surface area contributed by atoms with Gasteiger partial charge in [0.05, 0.1) is 22.2 Å². The Morgan fingerprint density at radius 3 is 2.21 bits per heavy atom. The minimum Gasteiger partial charge on any atom is -0.353 e. The van der Waals surface area contributed by atoms with Crippen LogP contribution < -0.4 is 16.4 Å². The molecule has 2 heterocycles. The summed E-state index contributed by atoms with van der Waals surface area (Å²) in [4.78, 5) is 64.2. The van der Waals surface area contributed by atoms with E-state index < -0.39 is 35.4 Å². The van der Waals surface area contributed by atoms with Crippen molar-refractivity contribution in [2.75, 3.05) is 13.1 Å². The molecule has 0 saturated heterocycles. The summed E-state index contributed by atoms with van der Waals surface area (Å²) in [6.45, 7) is -0.302. The Hall–Kier alpha value is -4.01. The second-order valence-corrected chi connectivity index (χ2v) is 6.52. The van der Waals surface area contributed by atoms with E-state index in [1.807, 2.05) is 0 Å². The molecule has 2 aromatic carbocycles. The smallest absolute Gasteiger partial charge is 0.316 e. The van der Waals surface area contributed by atoms with Crippen LogP contribution in [0.2, 0.25) is 0 Å². The van der Waals surface area contributed by atoms with Crippen molar-refractivity contribution in [3.05, 3.63) is 80.4 Å². The van der Waals surface area contributed by atoms with E-state index in [-0.39, 0.29) is 24.2 Å². The number of hydrogen-bond donors (Lipinski definition) is 2. The number of aromatic nitrogens is 2. The summed E-state index contributed by atoms with van der Waals surface area (Å²) in [7, 11) is 0. The molecule has 9 nitrogen and oxygen atoms in total. The van der Waals surface area contributed by atoms with Crippen LogP contribution in [0.15, 0.2) is 58.1 Å². The molecule has 0 fully saturated rings. The van der Waals surface area contributed by atoms with Gasteiger partial charge in [-0.1, -0.05) is 24.3 Å². The second-order valence-electron chi connectivity index (χ2n) is 6.52. The molecular formula is C20H16N4O5. The number of rotatable bonds is 5. The first-order chi connectivity index (χ1) is 14.0. The van der Waals surface area contributed by atoms with Crippen molar-refractivity contribution in [2.24, 2.45) is 0 Å². The topological polar surface area (TPSA) is 121 Å². The summed E-state index contributed by atoms with van der Waals surface area (Å²) in [6, 6.07) is 13.2. The zero-order valence-electron chi connectivity index (χ0n) is 15.2. The lowest BCUT2D eigenvalue weighted by Crippen LogP contribution is -2.42. The summed E-state index contributed by atoms with van der Waals surface area (Å²) < 4.78 is 1.27. The molecular weight excluding hydrogens is 376 g/mol. The molecule has 0 atom stereocenters. The van der Waals surface area contributed by atoms with Crippen molar-refractivity contribution in [3.63, 3.8) is 0 Å². The standard InChI is InChI=1S/C20H16N4O5/c25-16(11-24-18(27)12-5-1-2-6-13(12)19(24)28)21-9-10-23-15-8-4-3-7-14(15)22-17(26)20(23)29/h1-8H,9-11H2,(H,21,25)(H,22,26). The van der Waals surface area contributed by atoms with Crippen LogP contribution in [0.5, 0.6) is 0 Å². The van der Waals surface area contributed by atoms with Crippen molar-refractivity contribution in [1.82, 2.24) is 19.8 Å². The predicted octanol–water partition coefficient (Wildman–Crippen LogP) is 0.102. The first-order valence-electron chi connectivity index (χ1n) is 8.91. The molecule has 1 aliphatic heterocycles. The van der Waals surface area contributed by atoms with Crippen LogP contribution >= 0.6 is 0 Å². The maximum absolute atomic E-state index is 12.3. The molecule has 0 saturated carbocycles. The molecule has 29 heavy (non-hydrogen) atoms. The highest BCUT2D eigenvalue weighted by molar-refractivity contribution is 6.22. The molecule has 146 valence electrons. The number of hydrogen-bond acceptors (Lipinski definition) is 5. The molecule has 1 aromatic heterocycles. The van der Waals surface area contributed by atoms with Gasteiger partial charge in [-0.05, 0) is 24.3 Å².